The Bertz CT molecular complexity index is 1670. The van der Waals surface area contributed by atoms with Crippen molar-refractivity contribution in [1.82, 2.24) is 0 Å². The maximum Gasteiger partial charge on any atom is 0.379 e. The van der Waals surface area contributed by atoms with Gasteiger partial charge in [-0.25, -0.2) is 0 Å². The van der Waals surface area contributed by atoms with E-state index in [4.69, 9.17) is 9.15 Å². The second kappa shape index (κ2) is 13.8. The van der Waals surface area contributed by atoms with Gasteiger partial charge in [0.15, 0.2) is 12.3 Å². The molecule has 4 nitrogen and oxygen atoms in total. The van der Waals surface area contributed by atoms with Crippen LogP contribution in [0.25, 0.3) is 39.4 Å². The number of fused-ring (bicyclic) bond motifs is 2. The van der Waals surface area contributed by atoms with Gasteiger partial charge in [0.05, 0.1) is 5.69 Å². The third-order valence-corrected chi connectivity index (χ3v) is 8.39. The molecule has 4 aromatic carbocycles. The largest absolute Gasteiger partial charge is 0.438 e. The molecule has 0 spiro atoms. The SMILES string of the molecule is CCCCCCN1C(=Cc2oc3ccc(-c4ccccc4)cc3[n+]2CCCCCC)Oc2ccc(-c3ccccc3)cc21. The molecule has 0 saturated carbocycles. The molecule has 4 heteroatoms. The molecule has 1 aliphatic heterocycles. The van der Waals surface area contributed by atoms with Gasteiger partial charge in [-0.3, -0.25) is 0 Å². The number of aryl methyl sites for hydroxylation is 1. The highest BCUT2D eigenvalue weighted by Gasteiger charge is 2.30. The normalized spacial score (nSPS) is 13.5. The first-order valence-electron chi connectivity index (χ1n) is 16.1. The van der Waals surface area contributed by atoms with E-state index in [-0.39, 0.29) is 0 Å². The van der Waals surface area contributed by atoms with Gasteiger partial charge in [-0.1, -0.05) is 119 Å². The van der Waals surface area contributed by atoms with Gasteiger partial charge >= 0.3 is 5.89 Å². The highest BCUT2D eigenvalue weighted by Crippen LogP contribution is 2.42. The topological polar surface area (TPSA) is 29.5 Å². The maximum atomic E-state index is 6.57. The van der Waals surface area contributed by atoms with Crippen LogP contribution in [0.15, 0.2) is 107 Å². The highest BCUT2D eigenvalue weighted by molar-refractivity contribution is 5.80. The van der Waals surface area contributed by atoms with Crippen LogP contribution in [0.4, 0.5) is 5.69 Å². The Labute approximate surface area is 256 Å². The Morgan fingerprint density at radius 2 is 1.30 bits per heavy atom. The van der Waals surface area contributed by atoms with Crippen molar-refractivity contribution in [2.24, 2.45) is 0 Å². The average Bonchev–Trinajstić information content (AvgIpc) is 3.58. The second-order valence-corrected chi connectivity index (χ2v) is 11.5. The first-order chi connectivity index (χ1) is 21.2. The van der Waals surface area contributed by atoms with Gasteiger partial charge in [-0.05, 0) is 53.3 Å². The van der Waals surface area contributed by atoms with Crippen molar-refractivity contribution < 1.29 is 13.7 Å². The summed E-state index contributed by atoms with van der Waals surface area (Å²) in [6, 6.07) is 34.3. The number of benzene rings is 4. The lowest BCUT2D eigenvalue weighted by atomic mass is 10.0. The molecular weight excluding hydrogens is 528 g/mol. The van der Waals surface area contributed by atoms with Crippen LogP contribution in [0.3, 0.4) is 0 Å². The van der Waals surface area contributed by atoms with Crippen LogP contribution in [-0.4, -0.2) is 6.54 Å². The minimum Gasteiger partial charge on any atom is -0.438 e. The van der Waals surface area contributed by atoms with Crippen molar-refractivity contribution >= 4 is 22.9 Å². The summed E-state index contributed by atoms with van der Waals surface area (Å²) in [5, 5.41) is 0. The van der Waals surface area contributed by atoms with E-state index in [0.29, 0.717) is 0 Å². The quantitative estimate of drug-likeness (QED) is 0.104. The molecule has 1 aliphatic rings. The third-order valence-electron chi connectivity index (χ3n) is 8.39. The van der Waals surface area contributed by atoms with E-state index in [1.165, 1.54) is 60.8 Å². The number of hydrogen-bond acceptors (Lipinski definition) is 3. The molecule has 220 valence electrons. The van der Waals surface area contributed by atoms with Crippen LogP contribution in [-0.2, 0) is 6.54 Å². The average molecular weight is 572 g/mol. The lowest BCUT2D eigenvalue weighted by Crippen LogP contribution is -2.36. The summed E-state index contributed by atoms with van der Waals surface area (Å²) in [5.41, 5.74) is 7.98. The number of nitrogens with zero attached hydrogens (tertiary/aromatic N) is 2. The van der Waals surface area contributed by atoms with E-state index in [2.05, 4.69) is 126 Å². The third kappa shape index (κ3) is 6.54. The summed E-state index contributed by atoms with van der Waals surface area (Å²) in [5.74, 6) is 2.57. The molecule has 0 amide bonds. The monoisotopic (exact) mass is 571 g/mol. The molecule has 0 aliphatic carbocycles. The number of aromatic nitrogens is 1. The molecule has 2 heterocycles. The Morgan fingerprint density at radius 1 is 0.651 bits per heavy atom. The summed E-state index contributed by atoms with van der Waals surface area (Å²) >= 11 is 0. The standard InChI is InChI=1S/C39H43N2O2/c1-3-5-7-15-25-40-34-27-32(30-17-11-9-12-18-30)21-23-36(34)42-38(40)29-39-41(26-16-8-6-4-2)35-28-33(22-24-37(35)43-39)31-19-13-10-14-20-31/h9-14,17-24,27-29H,3-8,15-16,25-26H2,1-2H3/q+1. The van der Waals surface area contributed by atoms with Gasteiger partial charge in [-0.2, -0.15) is 4.57 Å². The molecule has 0 N–H and O–H groups in total. The second-order valence-electron chi connectivity index (χ2n) is 11.5. The Kier molecular flexibility index (Phi) is 9.22. The first-order valence-corrected chi connectivity index (χ1v) is 16.1. The number of hydrogen-bond donors (Lipinski definition) is 0. The predicted molar refractivity (Wildman–Crippen MR) is 178 cm³/mol. The predicted octanol–water partition coefficient (Wildman–Crippen LogP) is 10.4. The molecule has 0 saturated heterocycles. The Hall–Kier alpha value is -4.31. The summed E-state index contributed by atoms with van der Waals surface area (Å²) in [4.78, 5) is 2.35. The summed E-state index contributed by atoms with van der Waals surface area (Å²) in [6.45, 7) is 6.34. The van der Waals surface area contributed by atoms with Crippen molar-refractivity contribution in [1.29, 1.82) is 0 Å². The molecule has 6 rings (SSSR count). The first kappa shape index (κ1) is 28.8. The summed E-state index contributed by atoms with van der Waals surface area (Å²) < 4.78 is 15.5. The number of rotatable bonds is 13. The molecule has 0 bridgehead atoms. The van der Waals surface area contributed by atoms with E-state index in [1.807, 2.05) is 0 Å². The lowest BCUT2D eigenvalue weighted by Gasteiger charge is -2.18. The van der Waals surface area contributed by atoms with Gasteiger partial charge in [-0.15, -0.1) is 0 Å². The van der Waals surface area contributed by atoms with Gasteiger partial charge in [0.2, 0.25) is 11.5 Å². The van der Waals surface area contributed by atoms with Gasteiger partial charge in [0.25, 0.3) is 5.52 Å². The number of oxazole rings is 1. The molecule has 0 unspecified atom stereocenters. The van der Waals surface area contributed by atoms with Crippen LogP contribution in [0.5, 0.6) is 5.75 Å². The van der Waals surface area contributed by atoms with Crippen molar-refractivity contribution in [3.63, 3.8) is 0 Å². The zero-order chi connectivity index (χ0) is 29.4. The molecule has 5 aromatic rings. The lowest BCUT2D eigenvalue weighted by molar-refractivity contribution is -0.678. The molecule has 1 aromatic heterocycles. The number of ether oxygens (including phenoxy) is 1. The fraction of sp³-hybridized carbons (Fsp3) is 0.308. The van der Waals surface area contributed by atoms with Gasteiger partial charge in [0.1, 0.15) is 6.08 Å². The van der Waals surface area contributed by atoms with E-state index in [1.54, 1.807) is 0 Å². The fourth-order valence-corrected chi connectivity index (χ4v) is 6.00. The molecular formula is C39H43N2O2+. The van der Waals surface area contributed by atoms with Gasteiger partial charge in [0, 0.05) is 19.0 Å². The Morgan fingerprint density at radius 3 is 2.00 bits per heavy atom. The van der Waals surface area contributed by atoms with Crippen LogP contribution >= 0.6 is 0 Å². The van der Waals surface area contributed by atoms with Crippen molar-refractivity contribution in [2.75, 3.05) is 11.4 Å². The van der Waals surface area contributed by atoms with E-state index in [9.17, 15) is 0 Å². The maximum absolute atomic E-state index is 6.57. The Balaban J connectivity index is 1.39. The van der Waals surface area contributed by atoms with Crippen molar-refractivity contribution in [3.8, 4) is 28.0 Å². The van der Waals surface area contributed by atoms with Crippen molar-refractivity contribution in [2.45, 2.75) is 71.8 Å². The smallest absolute Gasteiger partial charge is 0.379 e. The van der Waals surface area contributed by atoms with Crippen molar-refractivity contribution in [3.05, 3.63) is 109 Å². The summed E-state index contributed by atoms with van der Waals surface area (Å²) in [7, 11) is 0. The van der Waals surface area contributed by atoms with Crippen LogP contribution < -0.4 is 14.2 Å². The molecule has 0 atom stereocenters. The summed E-state index contributed by atoms with van der Waals surface area (Å²) in [6.07, 6.45) is 11.7. The van der Waals surface area contributed by atoms with E-state index < -0.39 is 0 Å². The molecule has 0 fully saturated rings. The van der Waals surface area contributed by atoms with E-state index >= 15 is 0 Å². The minimum absolute atomic E-state index is 0.835. The minimum atomic E-state index is 0.835. The van der Waals surface area contributed by atoms with Crippen LogP contribution in [0.1, 0.15) is 71.1 Å². The van der Waals surface area contributed by atoms with Gasteiger partial charge < -0.3 is 14.1 Å². The zero-order valence-electron chi connectivity index (χ0n) is 25.6. The van der Waals surface area contributed by atoms with Crippen LogP contribution in [0, 0.1) is 0 Å². The molecule has 43 heavy (non-hydrogen) atoms. The van der Waals surface area contributed by atoms with Crippen LogP contribution in [0.2, 0.25) is 0 Å². The number of unbranched alkanes of at least 4 members (excludes halogenated alkanes) is 6. The van der Waals surface area contributed by atoms with E-state index in [0.717, 1.165) is 60.2 Å². The molecule has 0 radical (unpaired) electrons. The number of anilines is 1. The fourth-order valence-electron chi connectivity index (χ4n) is 6.00. The zero-order valence-corrected chi connectivity index (χ0v) is 25.6. The highest BCUT2D eigenvalue weighted by atomic mass is 16.5.